The lowest BCUT2D eigenvalue weighted by molar-refractivity contribution is -0.0455. The zero-order valence-corrected chi connectivity index (χ0v) is 24.3. The van der Waals surface area contributed by atoms with E-state index in [1.165, 1.54) is 36.0 Å². The van der Waals surface area contributed by atoms with E-state index in [0.29, 0.717) is 5.92 Å². The van der Waals surface area contributed by atoms with Crippen LogP contribution in [0.5, 0.6) is 0 Å². The van der Waals surface area contributed by atoms with E-state index in [4.69, 9.17) is 0 Å². The maximum absolute atomic E-state index is 11.9. The molecule has 0 aromatic heterocycles. The highest BCUT2D eigenvalue weighted by molar-refractivity contribution is 5.49. The van der Waals surface area contributed by atoms with Gasteiger partial charge >= 0.3 is 0 Å². The van der Waals surface area contributed by atoms with Crippen LogP contribution in [0.3, 0.4) is 0 Å². The average molecular weight is 547 g/mol. The lowest BCUT2D eigenvalue weighted by Crippen LogP contribution is -2.45. The molecule has 41 heavy (non-hydrogen) atoms. The van der Waals surface area contributed by atoms with E-state index < -0.39 is 11.1 Å². The quantitative estimate of drug-likeness (QED) is 0.112. The fourth-order valence-corrected chi connectivity index (χ4v) is 6.82. The lowest BCUT2D eigenvalue weighted by Gasteiger charge is -2.39. The SMILES string of the molecule is OC(CCNCCCCNC(c1ccccc1)(c1ccccc1)c1ccccc1)(c1ccccc1)C1CCCCC1. The summed E-state index contributed by atoms with van der Waals surface area (Å²) < 4.78 is 0. The summed E-state index contributed by atoms with van der Waals surface area (Å²) >= 11 is 0. The third-order valence-electron chi connectivity index (χ3n) is 9.03. The third kappa shape index (κ3) is 6.98. The Bertz CT molecular complexity index is 1180. The molecule has 0 heterocycles. The molecular weight excluding hydrogens is 500 g/mol. The Hall–Kier alpha value is -3.24. The van der Waals surface area contributed by atoms with Crippen molar-refractivity contribution in [3.8, 4) is 0 Å². The van der Waals surface area contributed by atoms with Gasteiger partial charge in [0.05, 0.1) is 11.1 Å². The number of hydrogen-bond acceptors (Lipinski definition) is 3. The Morgan fingerprint density at radius 1 is 0.537 bits per heavy atom. The summed E-state index contributed by atoms with van der Waals surface area (Å²) in [7, 11) is 0. The number of nitrogens with one attached hydrogen (secondary N) is 2. The maximum Gasteiger partial charge on any atom is 0.0947 e. The highest BCUT2D eigenvalue weighted by atomic mass is 16.3. The van der Waals surface area contributed by atoms with Gasteiger partial charge in [-0.25, -0.2) is 0 Å². The molecule has 1 aliphatic carbocycles. The van der Waals surface area contributed by atoms with Gasteiger partial charge in [-0.3, -0.25) is 5.32 Å². The van der Waals surface area contributed by atoms with E-state index in [-0.39, 0.29) is 0 Å². The molecule has 4 aromatic rings. The molecule has 4 aromatic carbocycles. The van der Waals surface area contributed by atoms with E-state index >= 15 is 0 Å². The fraction of sp³-hybridized carbons (Fsp3) is 0.368. The second kappa shape index (κ2) is 14.6. The van der Waals surface area contributed by atoms with Crippen molar-refractivity contribution in [2.24, 2.45) is 5.92 Å². The van der Waals surface area contributed by atoms with Crippen molar-refractivity contribution in [3.63, 3.8) is 0 Å². The van der Waals surface area contributed by atoms with Crippen LogP contribution in [0.1, 0.15) is 73.6 Å². The van der Waals surface area contributed by atoms with Crippen LogP contribution in [0.25, 0.3) is 0 Å². The van der Waals surface area contributed by atoms with Crippen molar-refractivity contribution in [1.82, 2.24) is 10.6 Å². The van der Waals surface area contributed by atoms with Gasteiger partial charge in [0, 0.05) is 0 Å². The Balaban J connectivity index is 1.19. The lowest BCUT2D eigenvalue weighted by atomic mass is 9.72. The molecule has 1 aliphatic rings. The molecule has 0 aliphatic heterocycles. The molecule has 214 valence electrons. The summed E-state index contributed by atoms with van der Waals surface area (Å²) in [5.74, 6) is 0.353. The van der Waals surface area contributed by atoms with Gasteiger partial charge < -0.3 is 10.4 Å². The summed E-state index contributed by atoms with van der Waals surface area (Å²) in [6, 6.07) is 42.8. The summed E-state index contributed by atoms with van der Waals surface area (Å²) in [5, 5.41) is 19.6. The summed E-state index contributed by atoms with van der Waals surface area (Å²) in [6.07, 6.45) is 8.92. The van der Waals surface area contributed by atoms with Gasteiger partial charge in [-0.05, 0) is 79.9 Å². The minimum Gasteiger partial charge on any atom is -0.385 e. The molecule has 0 spiro atoms. The normalized spacial score (nSPS) is 15.8. The molecule has 1 atom stereocenters. The van der Waals surface area contributed by atoms with E-state index in [1.807, 2.05) is 6.07 Å². The van der Waals surface area contributed by atoms with Gasteiger partial charge in [0.1, 0.15) is 0 Å². The molecule has 3 N–H and O–H groups in total. The average Bonchev–Trinajstić information content (AvgIpc) is 3.06. The van der Waals surface area contributed by atoms with E-state index in [9.17, 15) is 5.11 Å². The Morgan fingerprint density at radius 3 is 1.46 bits per heavy atom. The fourth-order valence-electron chi connectivity index (χ4n) is 6.82. The second-order valence-electron chi connectivity index (χ2n) is 11.6. The molecule has 1 saturated carbocycles. The number of aliphatic hydroxyl groups is 1. The molecule has 0 saturated heterocycles. The van der Waals surface area contributed by atoms with Crippen molar-refractivity contribution in [1.29, 1.82) is 0 Å². The Labute approximate surface area is 247 Å². The first-order valence-electron chi connectivity index (χ1n) is 15.6. The molecular formula is C38H46N2O. The van der Waals surface area contributed by atoms with Crippen molar-refractivity contribution in [2.45, 2.75) is 62.5 Å². The molecule has 5 rings (SSSR count). The molecule has 3 heteroatoms. The van der Waals surface area contributed by atoms with Crippen molar-refractivity contribution >= 4 is 0 Å². The van der Waals surface area contributed by atoms with Crippen molar-refractivity contribution in [3.05, 3.63) is 144 Å². The topological polar surface area (TPSA) is 44.3 Å². The van der Waals surface area contributed by atoms with Crippen LogP contribution < -0.4 is 10.6 Å². The van der Waals surface area contributed by atoms with Crippen LogP contribution in [0.2, 0.25) is 0 Å². The van der Waals surface area contributed by atoms with Crippen molar-refractivity contribution in [2.75, 3.05) is 19.6 Å². The summed E-state index contributed by atoms with van der Waals surface area (Å²) in [5.41, 5.74) is 3.67. The number of benzene rings is 4. The van der Waals surface area contributed by atoms with Crippen LogP contribution in [0.4, 0.5) is 0 Å². The first-order chi connectivity index (χ1) is 20.2. The standard InChI is InChI=1S/C38H46N2O/c41-37(32-18-6-1-7-19-32,33-20-8-2-9-21-33)28-31-39-29-16-17-30-40-38(34-22-10-3-11-23-34,35-24-12-4-13-25-35)36-26-14-5-15-27-36/h1,3-7,10-15,18-19,22-27,33,39-41H,2,8-9,16-17,20-21,28-31H2. The summed E-state index contributed by atoms with van der Waals surface area (Å²) in [4.78, 5) is 0. The molecule has 1 fully saturated rings. The van der Waals surface area contributed by atoms with Gasteiger partial charge in [-0.15, -0.1) is 0 Å². The number of unbranched alkanes of at least 4 members (excludes halogenated alkanes) is 1. The third-order valence-corrected chi connectivity index (χ3v) is 9.03. The highest BCUT2D eigenvalue weighted by Gasteiger charge is 2.38. The summed E-state index contributed by atoms with van der Waals surface area (Å²) in [6.45, 7) is 2.68. The Kier molecular flexibility index (Phi) is 10.4. The van der Waals surface area contributed by atoms with Gasteiger partial charge in [0.2, 0.25) is 0 Å². The molecule has 1 unspecified atom stereocenters. The van der Waals surface area contributed by atoms with Gasteiger partial charge in [0.15, 0.2) is 0 Å². The van der Waals surface area contributed by atoms with E-state index in [0.717, 1.165) is 57.3 Å². The molecule has 0 radical (unpaired) electrons. The first-order valence-corrected chi connectivity index (χ1v) is 15.6. The Morgan fingerprint density at radius 2 is 0.976 bits per heavy atom. The largest absolute Gasteiger partial charge is 0.385 e. The van der Waals surface area contributed by atoms with Gasteiger partial charge in [0.25, 0.3) is 0 Å². The highest BCUT2D eigenvalue weighted by Crippen LogP contribution is 2.41. The predicted molar refractivity (Wildman–Crippen MR) is 171 cm³/mol. The van der Waals surface area contributed by atoms with Crippen LogP contribution >= 0.6 is 0 Å². The number of hydrogen-bond donors (Lipinski definition) is 3. The minimum absolute atomic E-state index is 0.353. The predicted octanol–water partition coefficient (Wildman–Crippen LogP) is 7.80. The zero-order valence-electron chi connectivity index (χ0n) is 24.3. The smallest absolute Gasteiger partial charge is 0.0947 e. The maximum atomic E-state index is 11.9. The zero-order chi connectivity index (χ0) is 28.2. The second-order valence-corrected chi connectivity index (χ2v) is 11.6. The molecule has 0 amide bonds. The van der Waals surface area contributed by atoms with Gasteiger partial charge in [-0.2, -0.15) is 0 Å². The molecule has 0 bridgehead atoms. The van der Waals surface area contributed by atoms with E-state index in [2.05, 4.69) is 126 Å². The van der Waals surface area contributed by atoms with Crippen LogP contribution in [-0.2, 0) is 11.1 Å². The van der Waals surface area contributed by atoms with Crippen LogP contribution in [0.15, 0.2) is 121 Å². The number of rotatable bonds is 14. The van der Waals surface area contributed by atoms with Crippen LogP contribution in [-0.4, -0.2) is 24.7 Å². The molecule has 3 nitrogen and oxygen atoms in total. The van der Waals surface area contributed by atoms with E-state index in [1.54, 1.807) is 0 Å². The van der Waals surface area contributed by atoms with Crippen molar-refractivity contribution < 1.29 is 5.11 Å². The minimum atomic E-state index is -0.739. The first kappa shape index (κ1) is 29.3. The van der Waals surface area contributed by atoms with Crippen LogP contribution in [0, 0.1) is 5.92 Å². The monoisotopic (exact) mass is 546 g/mol. The van der Waals surface area contributed by atoms with Gasteiger partial charge in [-0.1, -0.05) is 141 Å².